The lowest BCUT2D eigenvalue weighted by Gasteiger charge is -2.22. The highest BCUT2D eigenvalue weighted by Gasteiger charge is 2.22. The molecule has 6 nitrogen and oxygen atoms in total. The average Bonchev–Trinajstić information content (AvgIpc) is 3.02. The smallest absolute Gasteiger partial charge is 0.293 e. The van der Waals surface area contributed by atoms with E-state index in [0.29, 0.717) is 6.04 Å². The van der Waals surface area contributed by atoms with Crippen LogP contribution in [0.1, 0.15) is 17.0 Å². The van der Waals surface area contributed by atoms with Crippen molar-refractivity contribution in [1.82, 2.24) is 15.5 Å². The van der Waals surface area contributed by atoms with E-state index in [1.54, 1.807) is 6.07 Å². The molecule has 2 amide bonds. The van der Waals surface area contributed by atoms with E-state index in [1.165, 1.54) is 12.3 Å². The number of rotatable bonds is 4. The molecule has 1 aliphatic rings. The highest BCUT2D eigenvalue weighted by molar-refractivity contribution is 6.03. The van der Waals surface area contributed by atoms with Crippen LogP contribution in [0.4, 0.5) is 0 Å². The maximum Gasteiger partial charge on any atom is 0.293 e. The van der Waals surface area contributed by atoms with E-state index in [2.05, 4.69) is 10.6 Å². The predicted octanol–water partition coefficient (Wildman–Crippen LogP) is -0.170. The molecule has 1 fully saturated rings. The van der Waals surface area contributed by atoms with Crippen molar-refractivity contribution in [1.29, 1.82) is 0 Å². The Morgan fingerprint density at radius 2 is 2.44 bits per heavy atom. The molecule has 0 bridgehead atoms. The quantitative estimate of drug-likeness (QED) is 0.777. The predicted molar refractivity (Wildman–Crippen MR) is 65.1 cm³/mol. The van der Waals surface area contributed by atoms with Crippen LogP contribution in [0.3, 0.4) is 0 Å². The molecule has 2 N–H and O–H groups in total. The molecule has 2 rings (SSSR count). The fourth-order valence-electron chi connectivity index (χ4n) is 2.01. The normalized spacial score (nSPS) is 19.1. The van der Waals surface area contributed by atoms with Crippen LogP contribution in [0.5, 0.6) is 0 Å². The summed E-state index contributed by atoms with van der Waals surface area (Å²) in [6.45, 7) is 2.07. The summed E-state index contributed by atoms with van der Waals surface area (Å²) in [6.07, 6.45) is 2.42. The molecule has 1 atom stereocenters. The zero-order chi connectivity index (χ0) is 13.0. The SMILES string of the molecule is CN(CC(=O)NC(=O)c1ccco1)C1CCNC1. The Morgan fingerprint density at radius 1 is 1.61 bits per heavy atom. The van der Waals surface area contributed by atoms with Crippen LogP contribution < -0.4 is 10.6 Å². The first-order valence-corrected chi connectivity index (χ1v) is 5.95. The van der Waals surface area contributed by atoms with Crippen molar-refractivity contribution in [2.75, 3.05) is 26.7 Å². The van der Waals surface area contributed by atoms with Gasteiger partial charge in [0, 0.05) is 12.6 Å². The van der Waals surface area contributed by atoms with E-state index in [4.69, 9.17) is 4.42 Å². The number of carbonyl (C=O) groups excluding carboxylic acids is 2. The Bertz CT molecular complexity index is 410. The van der Waals surface area contributed by atoms with Gasteiger partial charge in [0.1, 0.15) is 0 Å². The lowest BCUT2D eigenvalue weighted by atomic mass is 10.2. The van der Waals surface area contributed by atoms with Crippen LogP contribution in [0, 0.1) is 0 Å². The van der Waals surface area contributed by atoms with Gasteiger partial charge in [0.25, 0.3) is 5.91 Å². The van der Waals surface area contributed by atoms with Gasteiger partial charge in [-0.25, -0.2) is 0 Å². The minimum Gasteiger partial charge on any atom is -0.459 e. The van der Waals surface area contributed by atoms with Crippen molar-refractivity contribution in [2.45, 2.75) is 12.5 Å². The third-order valence-corrected chi connectivity index (χ3v) is 3.05. The third kappa shape index (κ3) is 3.18. The Balaban J connectivity index is 1.79. The number of nitrogens with zero attached hydrogens (tertiary/aromatic N) is 1. The molecule has 1 aromatic rings. The fraction of sp³-hybridized carbons (Fsp3) is 0.500. The minimum atomic E-state index is -0.497. The van der Waals surface area contributed by atoms with E-state index in [1.807, 2.05) is 11.9 Å². The maximum absolute atomic E-state index is 11.7. The van der Waals surface area contributed by atoms with Gasteiger partial charge in [0.2, 0.25) is 5.91 Å². The molecule has 18 heavy (non-hydrogen) atoms. The van der Waals surface area contributed by atoms with Gasteiger partial charge in [-0.3, -0.25) is 19.8 Å². The number of carbonyl (C=O) groups is 2. The third-order valence-electron chi connectivity index (χ3n) is 3.05. The summed E-state index contributed by atoms with van der Waals surface area (Å²) < 4.78 is 4.91. The first kappa shape index (κ1) is 12.8. The lowest BCUT2D eigenvalue weighted by molar-refractivity contribution is -0.121. The van der Waals surface area contributed by atoms with Gasteiger partial charge in [0.15, 0.2) is 5.76 Å². The topological polar surface area (TPSA) is 74.6 Å². The van der Waals surface area contributed by atoms with Crippen LogP contribution in [-0.2, 0) is 4.79 Å². The zero-order valence-electron chi connectivity index (χ0n) is 10.3. The van der Waals surface area contributed by atoms with Gasteiger partial charge in [-0.15, -0.1) is 0 Å². The molecular weight excluding hydrogens is 234 g/mol. The fourth-order valence-corrected chi connectivity index (χ4v) is 2.01. The first-order valence-electron chi connectivity index (χ1n) is 5.95. The Morgan fingerprint density at radius 3 is 3.06 bits per heavy atom. The molecular formula is C12H17N3O3. The van der Waals surface area contributed by atoms with E-state index >= 15 is 0 Å². The van der Waals surface area contributed by atoms with E-state index < -0.39 is 5.91 Å². The first-order chi connectivity index (χ1) is 8.66. The summed E-state index contributed by atoms with van der Waals surface area (Å²) in [7, 11) is 1.88. The van der Waals surface area contributed by atoms with E-state index in [-0.39, 0.29) is 18.2 Å². The Hall–Kier alpha value is -1.66. The van der Waals surface area contributed by atoms with Crippen molar-refractivity contribution >= 4 is 11.8 Å². The summed E-state index contributed by atoms with van der Waals surface area (Å²) in [4.78, 5) is 25.2. The lowest BCUT2D eigenvalue weighted by Crippen LogP contribution is -2.43. The van der Waals surface area contributed by atoms with Crippen LogP contribution >= 0.6 is 0 Å². The number of hydrogen-bond donors (Lipinski definition) is 2. The molecule has 1 aromatic heterocycles. The van der Waals surface area contributed by atoms with Gasteiger partial charge in [0.05, 0.1) is 12.8 Å². The maximum atomic E-state index is 11.7. The molecule has 1 saturated heterocycles. The molecule has 98 valence electrons. The Kier molecular flexibility index (Phi) is 4.11. The van der Waals surface area contributed by atoms with E-state index in [9.17, 15) is 9.59 Å². The zero-order valence-corrected chi connectivity index (χ0v) is 10.3. The van der Waals surface area contributed by atoms with Crippen molar-refractivity contribution in [3.8, 4) is 0 Å². The monoisotopic (exact) mass is 251 g/mol. The summed E-state index contributed by atoms with van der Waals surface area (Å²) in [5.74, 6) is -0.665. The van der Waals surface area contributed by atoms with Gasteiger partial charge in [-0.05, 0) is 32.1 Å². The molecule has 6 heteroatoms. The number of hydrogen-bond acceptors (Lipinski definition) is 5. The van der Waals surface area contributed by atoms with Crippen molar-refractivity contribution in [3.05, 3.63) is 24.2 Å². The summed E-state index contributed by atoms with van der Waals surface area (Å²) in [5.41, 5.74) is 0. The van der Waals surface area contributed by atoms with Crippen LogP contribution in [0.2, 0.25) is 0 Å². The summed E-state index contributed by atoms with van der Waals surface area (Å²) in [5, 5.41) is 5.54. The molecule has 0 radical (unpaired) electrons. The molecule has 0 saturated carbocycles. The number of furan rings is 1. The van der Waals surface area contributed by atoms with Crippen molar-refractivity contribution in [3.63, 3.8) is 0 Å². The van der Waals surface area contributed by atoms with Crippen LogP contribution in [0.15, 0.2) is 22.8 Å². The van der Waals surface area contributed by atoms with Crippen molar-refractivity contribution < 1.29 is 14.0 Å². The number of amides is 2. The van der Waals surface area contributed by atoms with E-state index in [0.717, 1.165) is 19.5 Å². The van der Waals surface area contributed by atoms with Gasteiger partial charge in [-0.2, -0.15) is 0 Å². The molecule has 0 spiro atoms. The van der Waals surface area contributed by atoms with Crippen LogP contribution in [-0.4, -0.2) is 49.4 Å². The number of likely N-dealkylation sites (N-methyl/N-ethyl adjacent to an activating group) is 1. The molecule has 0 aliphatic carbocycles. The second-order valence-corrected chi connectivity index (χ2v) is 4.42. The number of nitrogens with one attached hydrogen (secondary N) is 2. The standard InChI is InChI=1S/C12H17N3O3/c1-15(9-4-5-13-7-9)8-11(16)14-12(17)10-3-2-6-18-10/h2-3,6,9,13H,4-5,7-8H2,1H3,(H,14,16,17). The summed E-state index contributed by atoms with van der Waals surface area (Å²) >= 11 is 0. The minimum absolute atomic E-state index is 0.147. The Labute approximate surface area is 105 Å². The summed E-state index contributed by atoms with van der Waals surface area (Å²) in [6, 6.07) is 3.48. The molecule has 1 aliphatic heterocycles. The van der Waals surface area contributed by atoms with Gasteiger partial charge < -0.3 is 9.73 Å². The highest BCUT2D eigenvalue weighted by atomic mass is 16.3. The molecule has 1 unspecified atom stereocenters. The van der Waals surface area contributed by atoms with Crippen LogP contribution in [0.25, 0.3) is 0 Å². The molecule has 2 heterocycles. The number of imide groups is 1. The highest BCUT2D eigenvalue weighted by Crippen LogP contribution is 2.05. The van der Waals surface area contributed by atoms with Gasteiger partial charge >= 0.3 is 0 Å². The molecule has 0 aromatic carbocycles. The second-order valence-electron chi connectivity index (χ2n) is 4.42. The van der Waals surface area contributed by atoms with Gasteiger partial charge in [-0.1, -0.05) is 0 Å². The van der Waals surface area contributed by atoms with Crippen molar-refractivity contribution in [2.24, 2.45) is 0 Å². The average molecular weight is 251 g/mol. The second kappa shape index (κ2) is 5.79. The largest absolute Gasteiger partial charge is 0.459 e.